The molecule has 0 unspecified atom stereocenters. The van der Waals surface area contributed by atoms with E-state index >= 15 is 0 Å². The first kappa shape index (κ1) is 8.68. The van der Waals surface area contributed by atoms with Gasteiger partial charge < -0.3 is 5.73 Å². The predicted octanol–water partition coefficient (Wildman–Crippen LogP) is 0.612. The second-order valence-corrected chi connectivity index (χ2v) is 3.01. The zero-order valence-electron chi connectivity index (χ0n) is 7.88. The number of anilines is 1. The van der Waals surface area contributed by atoms with Gasteiger partial charge in [-0.25, -0.2) is 14.6 Å². The standard InChI is InChI=1S/C9H11N5/c1-7-11-4-2-8(13-7)6-14-9(10)3-5-12-14/h2-5H,6,10H2,1H3. The summed E-state index contributed by atoms with van der Waals surface area (Å²) in [6.45, 7) is 2.44. The highest BCUT2D eigenvalue weighted by molar-refractivity contribution is 5.26. The summed E-state index contributed by atoms with van der Waals surface area (Å²) in [7, 11) is 0. The summed E-state index contributed by atoms with van der Waals surface area (Å²) < 4.78 is 1.70. The summed E-state index contributed by atoms with van der Waals surface area (Å²) in [5, 5.41) is 4.07. The summed E-state index contributed by atoms with van der Waals surface area (Å²) in [6.07, 6.45) is 3.40. The van der Waals surface area contributed by atoms with Gasteiger partial charge in [-0.2, -0.15) is 5.10 Å². The van der Waals surface area contributed by atoms with Crippen molar-refractivity contribution in [2.75, 3.05) is 5.73 Å². The number of aryl methyl sites for hydroxylation is 1. The van der Waals surface area contributed by atoms with Crippen LogP contribution in [-0.4, -0.2) is 19.7 Å². The predicted molar refractivity (Wildman–Crippen MR) is 52.5 cm³/mol. The molecule has 5 heteroatoms. The van der Waals surface area contributed by atoms with E-state index in [1.54, 1.807) is 23.1 Å². The van der Waals surface area contributed by atoms with Gasteiger partial charge in [0.15, 0.2) is 0 Å². The summed E-state index contributed by atoms with van der Waals surface area (Å²) in [5.74, 6) is 1.40. The van der Waals surface area contributed by atoms with E-state index in [2.05, 4.69) is 15.1 Å². The van der Waals surface area contributed by atoms with Crippen molar-refractivity contribution >= 4 is 5.82 Å². The first-order chi connectivity index (χ1) is 6.75. The monoisotopic (exact) mass is 189 g/mol. The number of nitrogens with zero attached hydrogens (tertiary/aromatic N) is 4. The molecule has 2 N–H and O–H groups in total. The van der Waals surface area contributed by atoms with Crippen LogP contribution in [0.2, 0.25) is 0 Å². The molecule has 0 saturated heterocycles. The molecule has 0 atom stereocenters. The SMILES string of the molecule is Cc1nccc(Cn2nccc2N)n1. The van der Waals surface area contributed by atoms with Gasteiger partial charge in [-0.3, -0.25) is 0 Å². The third-order valence-electron chi connectivity index (χ3n) is 1.89. The van der Waals surface area contributed by atoms with Gasteiger partial charge in [-0.05, 0) is 19.1 Å². The second-order valence-electron chi connectivity index (χ2n) is 3.01. The van der Waals surface area contributed by atoms with E-state index in [-0.39, 0.29) is 0 Å². The number of rotatable bonds is 2. The van der Waals surface area contributed by atoms with Crippen molar-refractivity contribution in [2.24, 2.45) is 0 Å². The van der Waals surface area contributed by atoms with Crippen LogP contribution in [-0.2, 0) is 6.54 Å². The van der Waals surface area contributed by atoms with Gasteiger partial charge in [0.1, 0.15) is 11.6 Å². The van der Waals surface area contributed by atoms with Gasteiger partial charge in [0.05, 0.1) is 18.4 Å². The molecule has 0 bridgehead atoms. The molecule has 14 heavy (non-hydrogen) atoms. The quantitative estimate of drug-likeness (QED) is 0.751. The molecule has 2 aromatic heterocycles. The van der Waals surface area contributed by atoms with Crippen LogP contribution < -0.4 is 5.73 Å². The first-order valence-electron chi connectivity index (χ1n) is 4.31. The molecule has 0 aromatic carbocycles. The fourth-order valence-electron chi connectivity index (χ4n) is 1.22. The van der Waals surface area contributed by atoms with Crippen molar-refractivity contribution in [1.82, 2.24) is 19.7 Å². The van der Waals surface area contributed by atoms with Gasteiger partial charge in [0, 0.05) is 6.20 Å². The average Bonchev–Trinajstić information content (AvgIpc) is 2.52. The Morgan fingerprint density at radius 3 is 2.86 bits per heavy atom. The molecule has 0 fully saturated rings. The maximum absolute atomic E-state index is 5.68. The Morgan fingerprint density at radius 1 is 1.36 bits per heavy atom. The normalized spacial score (nSPS) is 10.4. The average molecular weight is 189 g/mol. The maximum atomic E-state index is 5.68. The Labute approximate surface area is 81.6 Å². The highest BCUT2D eigenvalue weighted by Gasteiger charge is 2.00. The molecule has 0 amide bonds. The molecular weight excluding hydrogens is 178 g/mol. The molecule has 2 rings (SSSR count). The lowest BCUT2D eigenvalue weighted by molar-refractivity contribution is 0.677. The highest BCUT2D eigenvalue weighted by Crippen LogP contribution is 2.03. The molecule has 0 aliphatic carbocycles. The zero-order valence-corrected chi connectivity index (χ0v) is 7.88. The molecule has 2 aromatic rings. The molecular formula is C9H11N5. The van der Waals surface area contributed by atoms with Gasteiger partial charge >= 0.3 is 0 Å². The highest BCUT2D eigenvalue weighted by atomic mass is 15.3. The number of aromatic nitrogens is 4. The van der Waals surface area contributed by atoms with E-state index in [1.807, 2.05) is 13.0 Å². The Kier molecular flexibility index (Phi) is 2.14. The van der Waals surface area contributed by atoms with Gasteiger partial charge in [-0.1, -0.05) is 0 Å². The van der Waals surface area contributed by atoms with E-state index in [9.17, 15) is 0 Å². The Morgan fingerprint density at radius 2 is 2.21 bits per heavy atom. The van der Waals surface area contributed by atoms with Crippen LogP contribution in [0.5, 0.6) is 0 Å². The summed E-state index contributed by atoms with van der Waals surface area (Å²) >= 11 is 0. The van der Waals surface area contributed by atoms with Crippen molar-refractivity contribution < 1.29 is 0 Å². The Hall–Kier alpha value is -1.91. The van der Waals surface area contributed by atoms with E-state index in [4.69, 9.17) is 5.73 Å². The third kappa shape index (κ3) is 1.71. The fourth-order valence-corrected chi connectivity index (χ4v) is 1.22. The van der Waals surface area contributed by atoms with Crippen molar-refractivity contribution in [2.45, 2.75) is 13.5 Å². The van der Waals surface area contributed by atoms with Crippen molar-refractivity contribution in [3.05, 3.63) is 36.0 Å². The van der Waals surface area contributed by atoms with Crippen LogP contribution in [0, 0.1) is 6.92 Å². The van der Waals surface area contributed by atoms with Crippen molar-refractivity contribution in [1.29, 1.82) is 0 Å². The van der Waals surface area contributed by atoms with E-state index < -0.39 is 0 Å². The minimum Gasteiger partial charge on any atom is -0.384 e. The number of nitrogens with two attached hydrogens (primary N) is 1. The Bertz CT molecular complexity index is 434. The molecule has 0 aliphatic rings. The number of nitrogen functional groups attached to an aromatic ring is 1. The van der Waals surface area contributed by atoms with Crippen LogP contribution in [0.4, 0.5) is 5.82 Å². The minimum absolute atomic E-state index is 0.586. The first-order valence-corrected chi connectivity index (χ1v) is 4.31. The van der Waals surface area contributed by atoms with Crippen LogP contribution in [0.3, 0.4) is 0 Å². The van der Waals surface area contributed by atoms with Gasteiger partial charge in [0.25, 0.3) is 0 Å². The van der Waals surface area contributed by atoms with Crippen LogP contribution in [0.1, 0.15) is 11.5 Å². The largest absolute Gasteiger partial charge is 0.384 e. The summed E-state index contributed by atoms with van der Waals surface area (Å²) in [6, 6.07) is 3.61. The lowest BCUT2D eigenvalue weighted by atomic mass is 10.4. The van der Waals surface area contributed by atoms with Crippen molar-refractivity contribution in [3.8, 4) is 0 Å². The molecule has 0 aliphatic heterocycles. The fraction of sp³-hybridized carbons (Fsp3) is 0.222. The summed E-state index contributed by atoms with van der Waals surface area (Å²) in [4.78, 5) is 8.28. The van der Waals surface area contributed by atoms with Crippen LogP contribution in [0.15, 0.2) is 24.5 Å². The number of hydrogen-bond donors (Lipinski definition) is 1. The van der Waals surface area contributed by atoms with Gasteiger partial charge in [0.2, 0.25) is 0 Å². The minimum atomic E-state index is 0.586. The van der Waals surface area contributed by atoms with E-state index in [1.165, 1.54) is 0 Å². The van der Waals surface area contributed by atoms with Crippen LogP contribution in [0.25, 0.3) is 0 Å². The van der Waals surface area contributed by atoms with E-state index in [0.717, 1.165) is 11.5 Å². The lowest BCUT2D eigenvalue weighted by Crippen LogP contribution is -2.07. The van der Waals surface area contributed by atoms with E-state index in [0.29, 0.717) is 12.4 Å². The molecule has 2 heterocycles. The Balaban J connectivity index is 2.23. The maximum Gasteiger partial charge on any atom is 0.125 e. The lowest BCUT2D eigenvalue weighted by Gasteiger charge is -2.03. The zero-order chi connectivity index (χ0) is 9.97. The second kappa shape index (κ2) is 3.45. The van der Waals surface area contributed by atoms with Crippen molar-refractivity contribution in [3.63, 3.8) is 0 Å². The smallest absolute Gasteiger partial charge is 0.125 e. The number of hydrogen-bond acceptors (Lipinski definition) is 4. The molecule has 0 radical (unpaired) electrons. The molecule has 72 valence electrons. The molecule has 5 nitrogen and oxygen atoms in total. The summed E-state index contributed by atoms with van der Waals surface area (Å²) in [5.41, 5.74) is 6.59. The third-order valence-corrected chi connectivity index (χ3v) is 1.89. The molecule has 0 saturated carbocycles. The topological polar surface area (TPSA) is 69.6 Å². The molecule has 0 spiro atoms. The van der Waals surface area contributed by atoms with Gasteiger partial charge in [-0.15, -0.1) is 0 Å². The van der Waals surface area contributed by atoms with Crippen LogP contribution >= 0.6 is 0 Å².